The van der Waals surface area contributed by atoms with Gasteiger partial charge in [-0.15, -0.1) is 0 Å². The molecule has 844 valence electrons. The molecule has 18 amide bonds. The fraction of sp³-hybridized carbons (Fsp3) is 0.686. The van der Waals surface area contributed by atoms with E-state index < -0.39 is 268 Å². The molecule has 0 unspecified atom stereocenters. The molecule has 2 aliphatic rings. The standard InChI is InChI=1S/2C51H84N10O14/c1-29(2)26-32-28-38(63)37(27-31-16-14-13-15-17-31)60-43(67)35(20-24-55-47(71)74-50(7,8)9)58-41(65)33(52)18-22-53-45(69)39(30(3)62)61-44(68)36(21-25-56-48(72)75-51(10,11)12)59-42(66)34(57-40(32)64)19-23-54-46(70)73-49(4,5)6;1-13-29(2)32-28-38(63)37(27-31-17-15-14-16-18-31)60-43(67)35(21-25-55-47(71)74-50(7,8)9)58-41(65)33(52)19-23-53-45(69)39(30(3)62)61-44(68)36(22-26-56-48(72)75-51(10,11)12)59-42(66)34(57-40(32)64)20-24-54-46(70)73-49(4,5)6/h13-17,29-30,32-37,39,62H,18-28,52H2,1-12H3,(H,53,69)(H,54,70)(H,55,71)(H,56,72)(H,57,64)(H,58,65)(H,59,66)(H,60,67)(H,61,68);14-18,29-30,32-37,39,62H,13,19-28,52H2,1-12H3,(H,53,69)(H,54,70)(H,55,71)(H,56,72)(H,57,64)(H,58,65)(H,59,66)(H,60,67)(H,61,68)/t30-,32-,33+,34+,35+,36+,37-,39+;29-,30+,32-,33-,34-,35-,36-,37+,39-/m10/s1. The lowest BCUT2D eigenvalue weighted by molar-refractivity contribution is -0.137. The lowest BCUT2D eigenvalue weighted by atomic mass is 9.84. The average molecular weight is 2120 g/mol. The zero-order valence-electron chi connectivity index (χ0n) is 91.4. The van der Waals surface area contributed by atoms with Gasteiger partial charge in [0.25, 0.3) is 0 Å². The summed E-state index contributed by atoms with van der Waals surface area (Å²) >= 11 is 0. The smallest absolute Gasteiger partial charge is 0.407 e. The number of ether oxygens (including phenoxy) is 6. The lowest BCUT2D eigenvalue weighted by Gasteiger charge is -2.29. The monoisotopic (exact) mass is 2120 g/mol. The van der Waals surface area contributed by atoms with E-state index in [1.807, 2.05) is 13.8 Å². The molecule has 2 aromatic carbocycles. The second-order valence-electron chi connectivity index (χ2n) is 43.7. The lowest BCUT2D eigenvalue weighted by Crippen LogP contribution is -2.60. The number of hydrogen-bond donors (Lipinski definition) is 22. The summed E-state index contributed by atoms with van der Waals surface area (Å²) in [5.74, 6) is -14.6. The number of aliphatic hydroxyl groups is 2. The first-order chi connectivity index (χ1) is 69.5. The number of rotatable bonds is 28. The average Bonchev–Trinajstić information content (AvgIpc) is 0.916. The molecule has 2 aliphatic heterocycles. The van der Waals surface area contributed by atoms with Gasteiger partial charge in [-0.1, -0.05) is 94.8 Å². The SMILES string of the molecule is CC(C)C[C@@H]1CC(=O)[C@@H](Cc2ccccc2)NC(=O)[C@H](CCNC(=O)OC(C)(C)C)NC(=O)[C@@H](N)CCNC(=O)[C@H]([C@@H](C)O)NC(=O)[C@H](CCNC(=O)OC(C)(C)C)NC(=O)[C@H](CCNC(=O)OC(C)(C)C)NC1=O.CC[C@H](C)[C@@H]1CC(=O)[C@@H](Cc2ccccc2)NC(=O)[C@H](CCNC(=O)OC(C)(C)C)NC(=O)[C@@H](N)CCNC(=O)[C@H]([C@@H](C)O)NC(=O)[C@H](CCNC(=O)OC(C)(C)C)NC(=O)[C@H](CCNC(=O)OC(C)(C)C)NC1=O. The number of hydrogen-bond acceptors (Lipinski definition) is 30. The molecule has 0 bridgehead atoms. The van der Waals surface area contributed by atoms with Gasteiger partial charge in [-0.05, 0) is 232 Å². The van der Waals surface area contributed by atoms with Crippen LogP contribution in [0.1, 0.15) is 254 Å². The summed E-state index contributed by atoms with van der Waals surface area (Å²) in [6.07, 6.45) is -10.4. The van der Waals surface area contributed by atoms with Gasteiger partial charge in [-0.2, -0.15) is 0 Å². The van der Waals surface area contributed by atoms with Crippen LogP contribution in [0, 0.1) is 23.7 Å². The molecular formula is C102H168N20O28. The van der Waals surface area contributed by atoms with E-state index >= 15 is 0 Å². The Hall–Kier alpha value is -13.1. The fourth-order valence-corrected chi connectivity index (χ4v) is 14.7. The Morgan fingerprint density at radius 2 is 0.560 bits per heavy atom. The van der Waals surface area contributed by atoms with Crippen LogP contribution in [0.5, 0.6) is 0 Å². The Labute approximate surface area is 878 Å². The maximum Gasteiger partial charge on any atom is 0.407 e. The van der Waals surface area contributed by atoms with E-state index in [1.54, 1.807) is 199 Å². The zero-order chi connectivity index (χ0) is 114. The number of carbonyl (C=O) groups is 20. The number of nitrogens with two attached hydrogens (primary N) is 2. The maximum absolute atomic E-state index is 14.6. The largest absolute Gasteiger partial charge is 0.444 e. The summed E-state index contributed by atoms with van der Waals surface area (Å²) < 4.78 is 31.9. The summed E-state index contributed by atoms with van der Waals surface area (Å²) in [6.45, 7) is 37.5. The van der Waals surface area contributed by atoms with Gasteiger partial charge < -0.3 is 146 Å². The number of aliphatic hydroxyl groups excluding tert-OH is 2. The zero-order valence-corrected chi connectivity index (χ0v) is 91.4. The molecule has 2 aromatic rings. The van der Waals surface area contributed by atoms with Gasteiger partial charge in [0, 0.05) is 77.0 Å². The minimum atomic E-state index is -1.64. The molecule has 0 aromatic heterocycles. The van der Waals surface area contributed by atoms with Gasteiger partial charge in [0.05, 0.1) is 36.4 Å². The van der Waals surface area contributed by atoms with E-state index in [4.69, 9.17) is 39.9 Å². The molecule has 2 saturated heterocycles. The van der Waals surface area contributed by atoms with Crippen molar-refractivity contribution in [3.05, 3.63) is 71.8 Å². The molecule has 2 heterocycles. The first-order valence-electron chi connectivity index (χ1n) is 50.9. The predicted octanol–water partition coefficient (Wildman–Crippen LogP) is 2.49. The van der Waals surface area contributed by atoms with Crippen molar-refractivity contribution < 1.29 is 135 Å². The second kappa shape index (κ2) is 62.5. The van der Waals surface area contributed by atoms with E-state index in [1.165, 1.54) is 13.8 Å². The van der Waals surface area contributed by atoms with Crippen LogP contribution in [0.3, 0.4) is 0 Å². The van der Waals surface area contributed by atoms with Gasteiger partial charge in [-0.3, -0.25) is 67.1 Å². The molecule has 150 heavy (non-hydrogen) atoms. The molecule has 0 saturated carbocycles. The Kier molecular flexibility index (Phi) is 54.6. The summed E-state index contributed by atoms with van der Waals surface area (Å²) in [5, 5.41) is 67.9. The number of amides is 18. The molecule has 2 fully saturated rings. The topological polar surface area (TPSA) is 706 Å². The van der Waals surface area contributed by atoms with Crippen LogP contribution in [-0.4, -0.2) is 300 Å². The Balaban J connectivity index is 0.000000770. The third-order valence-electron chi connectivity index (χ3n) is 22.4. The Morgan fingerprint density at radius 3 is 0.807 bits per heavy atom. The van der Waals surface area contributed by atoms with Crippen LogP contribution in [0.25, 0.3) is 0 Å². The summed E-state index contributed by atoms with van der Waals surface area (Å²) in [7, 11) is 0. The van der Waals surface area contributed by atoms with Crippen LogP contribution >= 0.6 is 0 Å². The van der Waals surface area contributed by atoms with E-state index in [2.05, 4.69) is 95.7 Å². The number of benzene rings is 2. The number of carbonyl (C=O) groups excluding carboxylic acids is 20. The van der Waals surface area contributed by atoms with Crippen molar-refractivity contribution in [1.82, 2.24) is 95.7 Å². The van der Waals surface area contributed by atoms with Crippen molar-refractivity contribution >= 4 is 119 Å². The molecule has 48 heteroatoms. The first-order valence-corrected chi connectivity index (χ1v) is 50.9. The third kappa shape index (κ3) is 54.4. The van der Waals surface area contributed by atoms with Crippen molar-refractivity contribution in [3.63, 3.8) is 0 Å². The molecule has 0 spiro atoms. The van der Waals surface area contributed by atoms with Crippen LogP contribution in [0.15, 0.2) is 60.7 Å². The van der Waals surface area contributed by atoms with Gasteiger partial charge in [0.15, 0.2) is 11.6 Å². The van der Waals surface area contributed by atoms with Crippen LogP contribution in [0.2, 0.25) is 0 Å². The van der Waals surface area contributed by atoms with E-state index in [9.17, 15) is 106 Å². The molecule has 48 nitrogen and oxygen atoms in total. The van der Waals surface area contributed by atoms with Gasteiger partial charge >= 0.3 is 36.6 Å². The minimum Gasteiger partial charge on any atom is -0.444 e. The fourth-order valence-electron chi connectivity index (χ4n) is 14.7. The van der Waals surface area contributed by atoms with Crippen molar-refractivity contribution in [3.8, 4) is 0 Å². The van der Waals surface area contributed by atoms with E-state index in [0.29, 0.717) is 17.5 Å². The van der Waals surface area contributed by atoms with Gasteiger partial charge in [-0.25, -0.2) is 28.8 Å². The first kappa shape index (κ1) is 131. The Bertz CT molecular complexity index is 4790. The van der Waals surface area contributed by atoms with E-state index in [0.717, 1.165) is 0 Å². The maximum atomic E-state index is 14.6. The normalized spacial score (nSPS) is 23.1. The van der Waals surface area contributed by atoms with Gasteiger partial charge in [0.2, 0.25) is 70.9 Å². The highest BCUT2D eigenvalue weighted by molar-refractivity contribution is 6.00. The third-order valence-corrected chi connectivity index (χ3v) is 22.4. The van der Waals surface area contributed by atoms with Crippen molar-refractivity contribution in [1.29, 1.82) is 0 Å². The number of Topliss-reactive ketones (excluding diaryl/α,β-unsaturated/α-hetero) is 2. The van der Waals surface area contributed by atoms with Crippen molar-refractivity contribution in [2.45, 2.75) is 374 Å². The quantitative estimate of drug-likeness (QED) is 0.0544. The van der Waals surface area contributed by atoms with Crippen LogP contribution < -0.4 is 107 Å². The van der Waals surface area contributed by atoms with Crippen molar-refractivity contribution in [2.24, 2.45) is 35.1 Å². The van der Waals surface area contributed by atoms with Crippen LogP contribution in [-0.2, 0) is 108 Å². The molecule has 24 N–H and O–H groups in total. The van der Waals surface area contributed by atoms with Crippen LogP contribution in [0.4, 0.5) is 28.8 Å². The highest BCUT2D eigenvalue weighted by atomic mass is 16.6. The summed E-state index contributed by atoms with van der Waals surface area (Å²) in [5.41, 5.74) is 8.59. The van der Waals surface area contributed by atoms with E-state index in [-0.39, 0.29) is 129 Å². The molecular weight excluding hydrogens is 1950 g/mol. The summed E-state index contributed by atoms with van der Waals surface area (Å²) in [4.78, 5) is 274. The summed E-state index contributed by atoms with van der Waals surface area (Å²) in [6, 6.07) is 0.0442. The highest BCUT2D eigenvalue weighted by Crippen LogP contribution is 2.25. The molecule has 0 radical (unpaired) electrons. The molecule has 0 aliphatic carbocycles. The number of alkyl carbamates (subject to hydrolysis) is 6. The number of nitrogens with one attached hydrogen (secondary N) is 18. The molecule has 17 atom stereocenters. The second-order valence-corrected chi connectivity index (χ2v) is 43.7. The minimum absolute atomic E-state index is 0.0431. The number of ketones is 2. The predicted molar refractivity (Wildman–Crippen MR) is 552 cm³/mol. The van der Waals surface area contributed by atoms with Gasteiger partial charge in [0.1, 0.15) is 81.9 Å². The highest BCUT2D eigenvalue weighted by Gasteiger charge is 2.42. The van der Waals surface area contributed by atoms with Crippen molar-refractivity contribution in [2.75, 3.05) is 52.4 Å². The Morgan fingerprint density at radius 1 is 0.327 bits per heavy atom. The molecule has 4 rings (SSSR count).